The Labute approximate surface area is 132 Å². The molecule has 4 rings (SSSR count). The van der Waals surface area contributed by atoms with E-state index in [4.69, 9.17) is 4.74 Å². The van der Waals surface area contributed by atoms with E-state index in [1.54, 1.807) is 0 Å². The molecule has 3 saturated carbocycles. The largest absolute Gasteiger partial charge is 0.390 e. The molecule has 1 saturated heterocycles. The van der Waals surface area contributed by atoms with Crippen LogP contribution in [0.15, 0.2) is 0 Å². The van der Waals surface area contributed by atoms with Crippen LogP contribution in [-0.4, -0.2) is 40.4 Å². The van der Waals surface area contributed by atoms with Gasteiger partial charge in [0.05, 0.1) is 18.8 Å². The second kappa shape index (κ2) is 4.92. The summed E-state index contributed by atoms with van der Waals surface area (Å²) in [6.07, 6.45) is 4.27. The number of fused-ring (bicyclic) bond motifs is 5. The maximum absolute atomic E-state index is 10.5. The fourth-order valence-electron chi connectivity index (χ4n) is 6.72. The van der Waals surface area contributed by atoms with Crippen LogP contribution < -0.4 is 0 Å². The van der Waals surface area contributed by atoms with Gasteiger partial charge in [-0.2, -0.15) is 0 Å². The molecule has 3 N–H and O–H groups in total. The van der Waals surface area contributed by atoms with Gasteiger partial charge in [-0.15, -0.1) is 0 Å². The Morgan fingerprint density at radius 3 is 2.45 bits per heavy atom. The lowest BCUT2D eigenvalue weighted by molar-refractivity contribution is -0.228. The normalized spacial score (nSPS) is 61.2. The van der Waals surface area contributed by atoms with E-state index in [1.807, 2.05) is 0 Å². The van der Waals surface area contributed by atoms with Crippen LogP contribution in [-0.2, 0) is 4.74 Å². The predicted octanol–water partition coefficient (Wildman–Crippen LogP) is 1.92. The van der Waals surface area contributed by atoms with E-state index in [-0.39, 0.29) is 10.8 Å². The van der Waals surface area contributed by atoms with Gasteiger partial charge in [-0.3, -0.25) is 0 Å². The molecule has 4 fully saturated rings. The van der Waals surface area contributed by atoms with Gasteiger partial charge in [0.25, 0.3) is 0 Å². The standard InChI is InChI=1S/C18H30O4/c1-17-6-5-12-11(13(17)8-14(19)16(17)21)4-3-10-7-15(20)22-9-18(10,12)2/h10-16,19-21H,3-9H2,1-2H3/t10-,11-,12+,13+,14-,15+,16+,17+,18+/m1/s1. The summed E-state index contributed by atoms with van der Waals surface area (Å²) in [5.41, 5.74) is 0.0424. The van der Waals surface area contributed by atoms with Crippen molar-refractivity contribution >= 4 is 0 Å². The topological polar surface area (TPSA) is 69.9 Å². The molecule has 126 valence electrons. The average molecular weight is 310 g/mol. The summed E-state index contributed by atoms with van der Waals surface area (Å²) in [5.74, 6) is 2.18. The molecule has 0 aromatic rings. The smallest absolute Gasteiger partial charge is 0.154 e. The first kappa shape index (κ1) is 15.4. The van der Waals surface area contributed by atoms with Crippen LogP contribution in [0.3, 0.4) is 0 Å². The minimum absolute atomic E-state index is 0.112. The van der Waals surface area contributed by atoms with E-state index >= 15 is 0 Å². The summed E-state index contributed by atoms with van der Waals surface area (Å²) < 4.78 is 5.63. The van der Waals surface area contributed by atoms with Crippen molar-refractivity contribution < 1.29 is 20.1 Å². The lowest BCUT2D eigenvalue weighted by atomic mass is 9.47. The minimum Gasteiger partial charge on any atom is -0.390 e. The summed E-state index contributed by atoms with van der Waals surface area (Å²) >= 11 is 0. The van der Waals surface area contributed by atoms with Crippen LogP contribution in [0.2, 0.25) is 0 Å². The fourth-order valence-corrected chi connectivity index (χ4v) is 6.72. The molecule has 0 radical (unpaired) electrons. The highest BCUT2D eigenvalue weighted by Crippen LogP contribution is 2.64. The fraction of sp³-hybridized carbons (Fsp3) is 1.00. The van der Waals surface area contributed by atoms with Crippen LogP contribution in [0.4, 0.5) is 0 Å². The SMILES string of the molecule is C[C@]12CO[C@H](O)C[C@H]1CC[C@@H]1[C@@H]2CC[C@]2(C)[C@@H](O)[C@H](O)C[C@@H]12. The Hall–Kier alpha value is -0.160. The van der Waals surface area contributed by atoms with Crippen molar-refractivity contribution in [3.8, 4) is 0 Å². The zero-order chi connectivity index (χ0) is 15.7. The number of rotatable bonds is 0. The lowest BCUT2D eigenvalue weighted by Crippen LogP contribution is -2.56. The second-order valence-electron chi connectivity index (χ2n) is 8.95. The first-order chi connectivity index (χ1) is 10.4. The van der Waals surface area contributed by atoms with Gasteiger partial charge in [0, 0.05) is 6.42 Å². The van der Waals surface area contributed by atoms with Gasteiger partial charge in [0.2, 0.25) is 0 Å². The van der Waals surface area contributed by atoms with Crippen LogP contribution in [0.5, 0.6) is 0 Å². The summed E-state index contributed by atoms with van der Waals surface area (Å²) in [7, 11) is 0. The van der Waals surface area contributed by atoms with E-state index in [0.29, 0.717) is 30.3 Å². The molecule has 4 aliphatic rings. The number of hydrogen-bond donors (Lipinski definition) is 3. The van der Waals surface area contributed by atoms with Gasteiger partial charge in [-0.05, 0) is 66.6 Å². The van der Waals surface area contributed by atoms with Crippen LogP contribution >= 0.6 is 0 Å². The highest BCUT2D eigenvalue weighted by Gasteiger charge is 2.62. The number of aliphatic hydroxyl groups excluding tert-OH is 3. The first-order valence-corrected chi connectivity index (χ1v) is 9.02. The molecule has 0 aromatic carbocycles. The highest BCUT2D eigenvalue weighted by atomic mass is 16.6. The maximum Gasteiger partial charge on any atom is 0.154 e. The summed E-state index contributed by atoms with van der Waals surface area (Å²) in [5, 5.41) is 30.5. The summed E-state index contributed by atoms with van der Waals surface area (Å²) in [6.45, 7) is 5.20. The first-order valence-electron chi connectivity index (χ1n) is 9.02. The van der Waals surface area contributed by atoms with Crippen LogP contribution in [0, 0.1) is 34.5 Å². The van der Waals surface area contributed by atoms with Crippen molar-refractivity contribution in [1.29, 1.82) is 0 Å². The van der Waals surface area contributed by atoms with Crippen molar-refractivity contribution in [2.45, 2.75) is 70.9 Å². The molecule has 0 spiro atoms. The Morgan fingerprint density at radius 2 is 1.68 bits per heavy atom. The molecule has 4 nitrogen and oxygen atoms in total. The van der Waals surface area contributed by atoms with Crippen molar-refractivity contribution in [1.82, 2.24) is 0 Å². The molecule has 0 amide bonds. The third kappa shape index (κ3) is 1.90. The molecule has 4 heteroatoms. The Bertz CT molecular complexity index is 454. The van der Waals surface area contributed by atoms with Crippen molar-refractivity contribution in [3.05, 3.63) is 0 Å². The molecule has 3 aliphatic carbocycles. The zero-order valence-corrected chi connectivity index (χ0v) is 13.7. The van der Waals surface area contributed by atoms with E-state index in [1.165, 1.54) is 6.42 Å². The Morgan fingerprint density at radius 1 is 0.909 bits per heavy atom. The Balaban J connectivity index is 1.63. The number of aliphatic hydroxyl groups is 3. The highest BCUT2D eigenvalue weighted by molar-refractivity contribution is 5.11. The molecule has 1 heterocycles. The quantitative estimate of drug-likeness (QED) is 0.639. The summed E-state index contributed by atoms with van der Waals surface area (Å²) in [6, 6.07) is 0. The lowest BCUT2D eigenvalue weighted by Gasteiger charge is -2.60. The van der Waals surface area contributed by atoms with Gasteiger partial charge >= 0.3 is 0 Å². The zero-order valence-electron chi connectivity index (χ0n) is 13.7. The molecule has 0 aromatic heterocycles. The summed E-state index contributed by atoms with van der Waals surface area (Å²) in [4.78, 5) is 0. The molecule has 1 aliphatic heterocycles. The Kier molecular flexibility index (Phi) is 3.44. The molecule has 0 bridgehead atoms. The monoisotopic (exact) mass is 310 g/mol. The molecule has 0 unspecified atom stereocenters. The van der Waals surface area contributed by atoms with Crippen molar-refractivity contribution in [3.63, 3.8) is 0 Å². The third-order valence-electron chi connectivity index (χ3n) is 8.11. The van der Waals surface area contributed by atoms with Gasteiger partial charge in [0.1, 0.15) is 0 Å². The van der Waals surface area contributed by atoms with Crippen molar-refractivity contribution in [2.75, 3.05) is 6.61 Å². The van der Waals surface area contributed by atoms with Crippen LogP contribution in [0.25, 0.3) is 0 Å². The van der Waals surface area contributed by atoms with Gasteiger partial charge in [0.15, 0.2) is 6.29 Å². The van der Waals surface area contributed by atoms with Crippen LogP contribution in [0.1, 0.15) is 52.4 Å². The van der Waals surface area contributed by atoms with Gasteiger partial charge in [-0.1, -0.05) is 13.8 Å². The van der Waals surface area contributed by atoms with E-state index in [0.717, 1.165) is 32.1 Å². The molecule has 9 atom stereocenters. The number of hydrogen-bond acceptors (Lipinski definition) is 4. The third-order valence-corrected chi connectivity index (χ3v) is 8.11. The predicted molar refractivity (Wildman–Crippen MR) is 81.8 cm³/mol. The number of ether oxygens (including phenoxy) is 1. The van der Waals surface area contributed by atoms with E-state index in [9.17, 15) is 15.3 Å². The van der Waals surface area contributed by atoms with E-state index < -0.39 is 18.5 Å². The van der Waals surface area contributed by atoms with Gasteiger partial charge < -0.3 is 20.1 Å². The van der Waals surface area contributed by atoms with E-state index in [2.05, 4.69) is 13.8 Å². The molecular weight excluding hydrogens is 280 g/mol. The minimum atomic E-state index is -0.585. The van der Waals surface area contributed by atoms with Gasteiger partial charge in [-0.25, -0.2) is 0 Å². The second-order valence-corrected chi connectivity index (χ2v) is 8.95. The maximum atomic E-state index is 10.5. The average Bonchev–Trinajstić information content (AvgIpc) is 2.72. The van der Waals surface area contributed by atoms with Crippen molar-refractivity contribution in [2.24, 2.45) is 34.5 Å². The molecular formula is C18H30O4. The molecule has 22 heavy (non-hydrogen) atoms.